The van der Waals surface area contributed by atoms with Crippen molar-refractivity contribution in [1.29, 1.82) is 0 Å². The molecule has 1 aromatic carbocycles. The first-order chi connectivity index (χ1) is 12.3. The van der Waals surface area contributed by atoms with Crippen LogP contribution in [-0.2, 0) is 16.0 Å². The van der Waals surface area contributed by atoms with Crippen LogP contribution < -0.4 is 0 Å². The second-order valence-electron chi connectivity index (χ2n) is 7.55. The third kappa shape index (κ3) is 3.45. The van der Waals surface area contributed by atoms with Gasteiger partial charge in [0.15, 0.2) is 0 Å². The van der Waals surface area contributed by atoms with Gasteiger partial charge in [0.2, 0.25) is 5.91 Å². The van der Waals surface area contributed by atoms with Crippen LogP contribution in [0.25, 0.3) is 0 Å². The van der Waals surface area contributed by atoms with Crippen LogP contribution in [0.15, 0.2) is 24.3 Å². The molecular weight excluding hydrogens is 332 g/mol. The van der Waals surface area contributed by atoms with Gasteiger partial charge >= 0.3 is 5.97 Å². The van der Waals surface area contributed by atoms with Gasteiger partial charge in [0.25, 0.3) is 5.91 Å². The Kier molecular flexibility index (Phi) is 5.03. The molecule has 1 spiro atoms. The lowest BCUT2D eigenvalue weighted by Gasteiger charge is -2.39. The molecule has 1 aromatic rings. The summed E-state index contributed by atoms with van der Waals surface area (Å²) >= 11 is 0. The van der Waals surface area contributed by atoms with Crippen LogP contribution in [0.4, 0.5) is 0 Å². The first-order valence-corrected chi connectivity index (χ1v) is 9.23. The molecule has 3 rings (SSSR count). The van der Waals surface area contributed by atoms with Crippen molar-refractivity contribution in [3.8, 4) is 0 Å². The second-order valence-corrected chi connectivity index (χ2v) is 7.55. The largest absolute Gasteiger partial charge is 0.480 e. The van der Waals surface area contributed by atoms with Gasteiger partial charge in [-0.2, -0.15) is 0 Å². The lowest BCUT2D eigenvalue weighted by Crippen LogP contribution is -2.44. The van der Waals surface area contributed by atoms with Crippen LogP contribution in [0.3, 0.4) is 0 Å². The summed E-state index contributed by atoms with van der Waals surface area (Å²) in [6, 6.07) is 6.98. The summed E-state index contributed by atoms with van der Waals surface area (Å²) in [6.45, 7) is 5.19. The minimum Gasteiger partial charge on any atom is -0.480 e. The number of carbonyl (C=O) groups is 3. The molecule has 0 bridgehead atoms. The van der Waals surface area contributed by atoms with Gasteiger partial charge in [-0.25, -0.2) is 4.79 Å². The van der Waals surface area contributed by atoms with Gasteiger partial charge in [0, 0.05) is 32.1 Å². The number of amides is 2. The maximum Gasteiger partial charge on any atom is 0.326 e. The highest BCUT2D eigenvalue weighted by Gasteiger charge is 2.49. The predicted molar refractivity (Wildman–Crippen MR) is 96.8 cm³/mol. The molecule has 1 N–H and O–H groups in total. The normalized spacial score (nSPS) is 21.8. The van der Waals surface area contributed by atoms with Gasteiger partial charge in [-0.15, -0.1) is 0 Å². The standard InChI is InChI=1S/C20H26N2O4/c1-3-15-4-6-16(7-5-15)18(24)21-10-8-20(9-11-21)12-17(19(25)26)22(13-20)14(2)23/h4-7,17H,3,8-13H2,1-2H3,(H,25,26)/t17-/m0/s1. The SMILES string of the molecule is CCc1ccc(C(=O)N2CCC3(CC2)C[C@@H](C(=O)O)N(C(C)=O)C3)cc1. The molecule has 2 saturated heterocycles. The van der Waals surface area contributed by atoms with E-state index >= 15 is 0 Å². The number of aryl methyl sites for hydroxylation is 1. The smallest absolute Gasteiger partial charge is 0.326 e. The molecule has 2 fully saturated rings. The highest BCUT2D eigenvalue weighted by Crippen LogP contribution is 2.43. The molecule has 0 unspecified atom stereocenters. The molecule has 0 radical (unpaired) electrons. The van der Waals surface area contributed by atoms with Crippen molar-refractivity contribution in [2.24, 2.45) is 5.41 Å². The number of hydrogen-bond donors (Lipinski definition) is 1. The zero-order valence-electron chi connectivity index (χ0n) is 15.4. The van der Waals surface area contributed by atoms with Gasteiger partial charge in [-0.05, 0) is 48.8 Å². The van der Waals surface area contributed by atoms with Crippen molar-refractivity contribution < 1.29 is 19.5 Å². The zero-order valence-corrected chi connectivity index (χ0v) is 15.4. The van der Waals surface area contributed by atoms with E-state index in [9.17, 15) is 19.5 Å². The van der Waals surface area contributed by atoms with Gasteiger partial charge in [-0.3, -0.25) is 9.59 Å². The van der Waals surface area contributed by atoms with Crippen molar-refractivity contribution in [3.63, 3.8) is 0 Å². The van der Waals surface area contributed by atoms with E-state index in [-0.39, 0.29) is 17.2 Å². The molecular formula is C20H26N2O4. The Bertz CT molecular complexity index is 681. The summed E-state index contributed by atoms with van der Waals surface area (Å²) in [5, 5.41) is 9.42. The van der Waals surface area contributed by atoms with Crippen LogP contribution in [0.1, 0.15) is 49.0 Å². The summed E-state index contributed by atoms with van der Waals surface area (Å²) in [5.41, 5.74) is 1.71. The number of carbonyl (C=O) groups excluding carboxylic acids is 2. The van der Waals surface area contributed by atoms with E-state index in [1.165, 1.54) is 17.4 Å². The molecule has 2 heterocycles. The number of nitrogens with zero attached hydrogens (tertiary/aromatic N) is 2. The number of piperidine rings is 1. The molecule has 140 valence electrons. The molecule has 0 saturated carbocycles. The topological polar surface area (TPSA) is 77.9 Å². The van der Waals surface area contributed by atoms with E-state index in [0.29, 0.717) is 31.6 Å². The molecule has 2 amide bonds. The molecule has 0 aromatic heterocycles. The summed E-state index contributed by atoms with van der Waals surface area (Å²) in [4.78, 5) is 39.3. The van der Waals surface area contributed by atoms with E-state index in [1.54, 1.807) is 0 Å². The Balaban J connectivity index is 1.66. The Morgan fingerprint density at radius 2 is 1.77 bits per heavy atom. The van der Waals surface area contributed by atoms with Gasteiger partial charge in [0.05, 0.1) is 0 Å². The predicted octanol–water partition coefficient (Wildman–Crippen LogP) is 2.18. The molecule has 26 heavy (non-hydrogen) atoms. The van der Waals surface area contributed by atoms with Crippen LogP contribution in [-0.4, -0.2) is 58.4 Å². The Morgan fingerprint density at radius 3 is 2.23 bits per heavy atom. The van der Waals surface area contributed by atoms with Gasteiger partial charge in [-0.1, -0.05) is 19.1 Å². The van der Waals surface area contributed by atoms with Crippen LogP contribution in [0.5, 0.6) is 0 Å². The molecule has 2 aliphatic rings. The maximum atomic E-state index is 12.7. The highest BCUT2D eigenvalue weighted by molar-refractivity contribution is 5.94. The first-order valence-electron chi connectivity index (χ1n) is 9.23. The molecule has 1 atom stereocenters. The van der Waals surface area contributed by atoms with Crippen molar-refractivity contribution >= 4 is 17.8 Å². The summed E-state index contributed by atoms with van der Waals surface area (Å²) in [7, 11) is 0. The quantitative estimate of drug-likeness (QED) is 0.898. The lowest BCUT2D eigenvalue weighted by atomic mass is 9.76. The second kappa shape index (κ2) is 7.09. The van der Waals surface area contributed by atoms with Crippen LogP contribution >= 0.6 is 0 Å². The van der Waals surface area contributed by atoms with Crippen molar-refractivity contribution in [3.05, 3.63) is 35.4 Å². The summed E-state index contributed by atoms with van der Waals surface area (Å²) in [6.07, 6.45) is 2.89. The fourth-order valence-corrected chi connectivity index (χ4v) is 4.22. The number of benzene rings is 1. The Hall–Kier alpha value is -2.37. The molecule has 2 aliphatic heterocycles. The monoisotopic (exact) mass is 358 g/mol. The van der Waals surface area contributed by atoms with Gasteiger partial charge in [0.1, 0.15) is 6.04 Å². The molecule has 6 heteroatoms. The number of carboxylic acids is 1. The van der Waals surface area contributed by atoms with E-state index in [1.807, 2.05) is 29.2 Å². The van der Waals surface area contributed by atoms with E-state index in [0.717, 1.165) is 19.3 Å². The third-order valence-electron chi connectivity index (χ3n) is 5.92. The van der Waals surface area contributed by atoms with Gasteiger partial charge < -0.3 is 14.9 Å². The lowest BCUT2D eigenvalue weighted by molar-refractivity contribution is -0.147. The molecule has 6 nitrogen and oxygen atoms in total. The summed E-state index contributed by atoms with van der Waals surface area (Å²) in [5.74, 6) is -1.10. The number of rotatable bonds is 3. The fraction of sp³-hybridized carbons (Fsp3) is 0.550. The average Bonchev–Trinajstić information content (AvgIpc) is 3.02. The number of aliphatic carboxylic acids is 1. The van der Waals surface area contributed by atoms with E-state index < -0.39 is 12.0 Å². The number of carboxylic acid groups (broad SMARTS) is 1. The first kappa shape index (κ1) is 18.4. The maximum absolute atomic E-state index is 12.7. The van der Waals surface area contributed by atoms with E-state index in [2.05, 4.69) is 6.92 Å². The number of hydrogen-bond acceptors (Lipinski definition) is 3. The number of likely N-dealkylation sites (tertiary alicyclic amines) is 2. The van der Waals surface area contributed by atoms with Crippen LogP contribution in [0.2, 0.25) is 0 Å². The fourth-order valence-electron chi connectivity index (χ4n) is 4.22. The van der Waals surface area contributed by atoms with Crippen molar-refractivity contribution in [1.82, 2.24) is 9.80 Å². The van der Waals surface area contributed by atoms with Crippen molar-refractivity contribution in [2.75, 3.05) is 19.6 Å². The summed E-state index contributed by atoms with van der Waals surface area (Å²) < 4.78 is 0. The zero-order chi connectivity index (χ0) is 18.9. The highest BCUT2D eigenvalue weighted by atomic mass is 16.4. The third-order valence-corrected chi connectivity index (χ3v) is 5.92. The molecule has 0 aliphatic carbocycles. The average molecular weight is 358 g/mol. The van der Waals surface area contributed by atoms with Crippen molar-refractivity contribution in [2.45, 2.75) is 45.6 Å². The minimum atomic E-state index is -0.938. The van der Waals surface area contributed by atoms with Crippen LogP contribution in [0, 0.1) is 5.41 Å². The Morgan fingerprint density at radius 1 is 1.15 bits per heavy atom. The van der Waals surface area contributed by atoms with E-state index in [4.69, 9.17) is 0 Å². The minimum absolute atomic E-state index is 0.0266. The Labute approximate surface area is 153 Å².